The van der Waals surface area contributed by atoms with E-state index in [2.05, 4.69) is 5.43 Å². The summed E-state index contributed by atoms with van der Waals surface area (Å²) >= 11 is 18.4. The molecule has 1 heterocycles. The zero-order valence-corrected chi connectivity index (χ0v) is 13.0. The Balaban J connectivity index is 2.14. The number of hydrogen-bond acceptors (Lipinski definition) is 3. The number of nitrogens with two attached hydrogens (primary N) is 1. The quantitative estimate of drug-likeness (QED) is 0.524. The van der Waals surface area contributed by atoms with Crippen LogP contribution in [0.15, 0.2) is 46.9 Å². The van der Waals surface area contributed by atoms with Crippen LogP contribution in [0.25, 0.3) is 11.0 Å². The molecule has 3 nitrogen and oxygen atoms in total. The number of hydrazine groups is 1. The molecule has 3 rings (SSSR count). The second-order valence-electron chi connectivity index (χ2n) is 4.55. The van der Waals surface area contributed by atoms with E-state index < -0.39 is 6.04 Å². The molecule has 6 heteroatoms. The van der Waals surface area contributed by atoms with Crippen LogP contribution in [-0.4, -0.2) is 0 Å². The first-order valence-electron chi connectivity index (χ1n) is 6.20. The van der Waals surface area contributed by atoms with Gasteiger partial charge in [0, 0.05) is 5.39 Å². The number of furan rings is 1. The fourth-order valence-electron chi connectivity index (χ4n) is 2.26. The Morgan fingerprint density at radius 1 is 1.00 bits per heavy atom. The van der Waals surface area contributed by atoms with Gasteiger partial charge in [0.1, 0.15) is 11.8 Å². The van der Waals surface area contributed by atoms with Crippen molar-refractivity contribution < 1.29 is 4.42 Å². The number of rotatable bonds is 3. The van der Waals surface area contributed by atoms with E-state index in [1.807, 2.05) is 30.3 Å². The van der Waals surface area contributed by atoms with E-state index in [0.29, 0.717) is 26.4 Å². The molecule has 0 amide bonds. The molecule has 1 unspecified atom stereocenters. The molecule has 0 saturated heterocycles. The Labute approximate surface area is 136 Å². The largest absolute Gasteiger partial charge is 0.457 e. The molecule has 0 fully saturated rings. The first-order chi connectivity index (χ1) is 10.1. The molecule has 3 N–H and O–H groups in total. The molecule has 0 bridgehead atoms. The number of hydrogen-bond donors (Lipinski definition) is 2. The smallest absolute Gasteiger partial charge is 0.152 e. The maximum atomic E-state index is 6.25. The zero-order chi connectivity index (χ0) is 15.0. The number of para-hydroxylation sites is 1. The summed E-state index contributed by atoms with van der Waals surface area (Å²) in [6, 6.07) is 12.4. The molecular formula is C15H11Cl3N2O. The van der Waals surface area contributed by atoms with E-state index in [1.54, 1.807) is 12.1 Å². The SMILES string of the molecule is NNC(c1cc2cccc(Cl)c2o1)c1cccc(Cl)c1Cl. The van der Waals surface area contributed by atoms with Gasteiger partial charge in [-0.3, -0.25) is 5.84 Å². The topological polar surface area (TPSA) is 51.2 Å². The summed E-state index contributed by atoms with van der Waals surface area (Å²) in [4.78, 5) is 0. The predicted octanol–water partition coefficient (Wildman–Crippen LogP) is 4.95. The second kappa shape index (κ2) is 5.87. The lowest BCUT2D eigenvalue weighted by atomic mass is 10.0. The van der Waals surface area contributed by atoms with Crippen molar-refractivity contribution in [2.75, 3.05) is 0 Å². The Hall–Kier alpha value is -1.23. The molecule has 108 valence electrons. The van der Waals surface area contributed by atoms with Crippen molar-refractivity contribution in [1.29, 1.82) is 0 Å². The number of halogens is 3. The maximum absolute atomic E-state index is 6.25. The van der Waals surface area contributed by atoms with Crippen molar-refractivity contribution in [1.82, 2.24) is 5.43 Å². The lowest BCUT2D eigenvalue weighted by molar-refractivity contribution is 0.477. The van der Waals surface area contributed by atoms with Crippen LogP contribution in [0.5, 0.6) is 0 Å². The lowest BCUT2D eigenvalue weighted by Crippen LogP contribution is -2.28. The van der Waals surface area contributed by atoms with Gasteiger partial charge in [-0.15, -0.1) is 0 Å². The Morgan fingerprint density at radius 3 is 2.43 bits per heavy atom. The molecule has 0 spiro atoms. The molecule has 0 radical (unpaired) electrons. The minimum atomic E-state index is -0.417. The van der Waals surface area contributed by atoms with E-state index in [4.69, 9.17) is 45.1 Å². The third-order valence-electron chi connectivity index (χ3n) is 3.26. The van der Waals surface area contributed by atoms with Gasteiger partial charge in [-0.2, -0.15) is 0 Å². The molecule has 3 aromatic rings. The van der Waals surface area contributed by atoms with E-state index in [0.717, 1.165) is 10.9 Å². The summed E-state index contributed by atoms with van der Waals surface area (Å²) in [5, 5.41) is 2.35. The Bertz CT molecular complexity index is 801. The molecule has 1 aromatic heterocycles. The molecule has 0 saturated carbocycles. The van der Waals surface area contributed by atoms with Gasteiger partial charge in [0.25, 0.3) is 0 Å². The van der Waals surface area contributed by atoms with Crippen molar-refractivity contribution in [3.8, 4) is 0 Å². The molecule has 1 atom stereocenters. The van der Waals surface area contributed by atoms with Crippen LogP contribution in [0, 0.1) is 0 Å². The molecule has 2 aromatic carbocycles. The third-order valence-corrected chi connectivity index (χ3v) is 4.39. The van der Waals surface area contributed by atoms with Crippen molar-refractivity contribution >= 4 is 45.8 Å². The van der Waals surface area contributed by atoms with Crippen LogP contribution in [0.3, 0.4) is 0 Å². The monoisotopic (exact) mass is 340 g/mol. The van der Waals surface area contributed by atoms with Crippen LogP contribution in [-0.2, 0) is 0 Å². The van der Waals surface area contributed by atoms with Gasteiger partial charge >= 0.3 is 0 Å². The highest BCUT2D eigenvalue weighted by Crippen LogP contribution is 2.36. The summed E-state index contributed by atoms with van der Waals surface area (Å²) in [6.45, 7) is 0. The second-order valence-corrected chi connectivity index (χ2v) is 5.74. The number of nitrogens with one attached hydrogen (secondary N) is 1. The standard InChI is InChI=1S/C15H11Cl3N2O/c16-10-5-2-4-9(13(10)18)14(20-19)12-7-8-3-1-6-11(17)15(8)21-12/h1-7,14,20H,19H2. The normalized spacial score (nSPS) is 12.8. The van der Waals surface area contributed by atoms with E-state index in [-0.39, 0.29) is 0 Å². The van der Waals surface area contributed by atoms with Crippen molar-refractivity contribution in [3.05, 3.63) is 68.9 Å². The summed E-state index contributed by atoms with van der Waals surface area (Å²) < 4.78 is 5.82. The minimum absolute atomic E-state index is 0.417. The third kappa shape index (κ3) is 2.63. The van der Waals surface area contributed by atoms with Crippen molar-refractivity contribution in [3.63, 3.8) is 0 Å². The van der Waals surface area contributed by atoms with Crippen molar-refractivity contribution in [2.24, 2.45) is 5.84 Å². The lowest BCUT2D eigenvalue weighted by Gasteiger charge is -2.15. The van der Waals surface area contributed by atoms with Crippen LogP contribution >= 0.6 is 34.8 Å². The fraction of sp³-hybridized carbons (Fsp3) is 0.0667. The summed E-state index contributed by atoms with van der Waals surface area (Å²) in [6.07, 6.45) is 0. The van der Waals surface area contributed by atoms with Gasteiger partial charge < -0.3 is 4.42 Å². The van der Waals surface area contributed by atoms with E-state index in [9.17, 15) is 0 Å². The van der Waals surface area contributed by atoms with E-state index >= 15 is 0 Å². The Kier molecular flexibility index (Phi) is 4.11. The maximum Gasteiger partial charge on any atom is 0.152 e. The minimum Gasteiger partial charge on any atom is -0.457 e. The zero-order valence-electron chi connectivity index (χ0n) is 10.7. The van der Waals surface area contributed by atoms with E-state index in [1.165, 1.54) is 0 Å². The highest BCUT2D eigenvalue weighted by molar-refractivity contribution is 6.42. The van der Waals surface area contributed by atoms with Gasteiger partial charge in [0.15, 0.2) is 5.58 Å². The summed E-state index contributed by atoms with van der Waals surface area (Å²) in [5.41, 5.74) is 4.06. The fourth-order valence-corrected chi connectivity index (χ4v) is 2.90. The van der Waals surface area contributed by atoms with Gasteiger partial charge in [0.2, 0.25) is 0 Å². The van der Waals surface area contributed by atoms with Crippen LogP contribution < -0.4 is 11.3 Å². The average Bonchev–Trinajstić information content (AvgIpc) is 2.89. The van der Waals surface area contributed by atoms with Gasteiger partial charge in [-0.25, -0.2) is 5.43 Å². The average molecular weight is 342 g/mol. The van der Waals surface area contributed by atoms with Crippen LogP contribution in [0.4, 0.5) is 0 Å². The molecule has 21 heavy (non-hydrogen) atoms. The molecule has 0 aliphatic rings. The molecular weight excluding hydrogens is 331 g/mol. The summed E-state index contributed by atoms with van der Waals surface area (Å²) in [5.74, 6) is 6.29. The highest BCUT2D eigenvalue weighted by Gasteiger charge is 2.21. The van der Waals surface area contributed by atoms with Crippen LogP contribution in [0.2, 0.25) is 15.1 Å². The molecule has 0 aliphatic heterocycles. The Morgan fingerprint density at radius 2 is 1.71 bits per heavy atom. The van der Waals surface area contributed by atoms with Gasteiger partial charge in [-0.1, -0.05) is 59.1 Å². The van der Waals surface area contributed by atoms with Crippen molar-refractivity contribution in [2.45, 2.75) is 6.04 Å². The first-order valence-corrected chi connectivity index (χ1v) is 7.33. The number of benzene rings is 2. The molecule has 0 aliphatic carbocycles. The van der Waals surface area contributed by atoms with Crippen LogP contribution in [0.1, 0.15) is 17.4 Å². The highest BCUT2D eigenvalue weighted by atomic mass is 35.5. The number of fused-ring (bicyclic) bond motifs is 1. The van der Waals surface area contributed by atoms with Gasteiger partial charge in [0.05, 0.1) is 15.1 Å². The predicted molar refractivity (Wildman–Crippen MR) is 86.9 cm³/mol. The summed E-state index contributed by atoms with van der Waals surface area (Å²) in [7, 11) is 0. The van der Waals surface area contributed by atoms with Gasteiger partial charge in [-0.05, 0) is 23.8 Å². The first kappa shape index (κ1) is 14.7.